The van der Waals surface area contributed by atoms with Gasteiger partial charge in [-0.05, 0) is 37.5 Å². The molecule has 66 valence electrons. The molecule has 1 rings (SSSR count). The molecule has 0 spiro atoms. The Hall–Kier alpha value is -0.0400. The van der Waals surface area contributed by atoms with Gasteiger partial charge in [0.25, 0.3) is 0 Å². The summed E-state index contributed by atoms with van der Waals surface area (Å²) in [6, 6.07) is 0. The highest BCUT2D eigenvalue weighted by molar-refractivity contribution is 4.97. The highest BCUT2D eigenvalue weighted by atomic mass is 14.8. The monoisotopic (exact) mass is 155 g/mol. The average Bonchev–Trinajstić information content (AvgIpc) is 1.83. The fraction of sp³-hybridized carbons (Fsp3) is 1.00. The van der Waals surface area contributed by atoms with Gasteiger partial charge in [0.2, 0.25) is 0 Å². The second-order valence-electron chi connectivity index (χ2n) is 4.62. The second kappa shape index (κ2) is 3.14. The van der Waals surface area contributed by atoms with E-state index in [4.69, 9.17) is 5.73 Å². The van der Waals surface area contributed by atoms with Crippen LogP contribution in [-0.2, 0) is 0 Å². The molecule has 0 amide bonds. The van der Waals surface area contributed by atoms with Crippen molar-refractivity contribution in [3.8, 4) is 0 Å². The van der Waals surface area contributed by atoms with Crippen LogP contribution in [0.4, 0.5) is 0 Å². The van der Waals surface area contributed by atoms with E-state index < -0.39 is 0 Å². The van der Waals surface area contributed by atoms with Crippen molar-refractivity contribution in [2.75, 3.05) is 0 Å². The van der Waals surface area contributed by atoms with E-state index in [1.807, 2.05) is 0 Å². The second-order valence-corrected chi connectivity index (χ2v) is 4.62. The van der Waals surface area contributed by atoms with Gasteiger partial charge >= 0.3 is 0 Å². The Morgan fingerprint density at radius 2 is 2.00 bits per heavy atom. The molecule has 0 heterocycles. The molecule has 1 saturated carbocycles. The number of rotatable bonds is 3. The van der Waals surface area contributed by atoms with Crippen LogP contribution in [0.15, 0.2) is 0 Å². The molecule has 0 aromatic heterocycles. The molecule has 0 saturated heterocycles. The maximum atomic E-state index is 6.07. The molecular weight excluding hydrogens is 134 g/mol. The Morgan fingerprint density at radius 1 is 1.45 bits per heavy atom. The molecule has 1 aliphatic rings. The highest BCUT2D eigenvalue weighted by Gasteiger charge is 2.38. The maximum Gasteiger partial charge on any atom is 0.0157 e. The summed E-state index contributed by atoms with van der Waals surface area (Å²) in [5, 5.41) is 0. The van der Waals surface area contributed by atoms with Crippen LogP contribution < -0.4 is 5.73 Å². The van der Waals surface area contributed by atoms with Crippen LogP contribution in [0, 0.1) is 11.8 Å². The summed E-state index contributed by atoms with van der Waals surface area (Å²) in [6.07, 6.45) is 5.06. The summed E-state index contributed by atoms with van der Waals surface area (Å²) in [6.45, 7) is 6.79. The van der Waals surface area contributed by atoms with Crippen molar-refractivity contribution in [2.24, 2.45) is 17.6 Å². The molecule has 0 aliphatic heterocycles. The zero-order chi connectivity index (χ0) is 8.48. The zero-order valence-electron chi connectivity index (χ0n) is 8.06. The van der Waals surface area contributed by atoms with Crippen molar-refractivity contribution >= 4 is 0 Å². The first-order valence-electron chi connectivity index (χ1n) is 4.84. The lowest BCUT2D eigenvalue weighted by Gasteiger charge is -2.45. The molecule has 0 aromatic carbocycles. The van der Waals surface area contributed by atoms with Gasteiger partial charge in [0, 0.05) is 5.54 Å². The summed E-state index contributed by atoms with van der Waals surface area (Å²) in [5.74, 6) is 1.78. The molecular formula is C10H21N. The Morgan fingerprint density at radius 3 is 2.36 bits per heavy atom. The lowest BCUT2D eigenvalue weighted by Crippen LogP contribution is -2.51. The van der Waals surface area contributed by atoms with E-state index in [-0.39, 0.29) is 5.54 Å². The van der Waals surface area contributed by atoms with Crippen LogP contribution in [0.5, 0.6) is 0 Å². The van der Waals surface area contributed by atoms with Crippen molar-refractivity contribution in [3.63, 3.8) is 0 Å². The van der Waals surface area contributed by atoms with Crippen molar-refractivity contribution in [3.05, 3.63) is 0 Å². The molecule has 0 bridgehead atoms. The van der Waals surface area contributed by atoms with Crippen molar-refractivity contribution in [1.82, 2.24) is 0 Å². The van der Waals surface area contributed by atoms with E-state index in [0.29, 0.717) is 0 Å². The van der Waals surface area contributed by atoms with Gasteiger partial charge in [-0.2, -0.15) is 0 Å². The maximum absolute atomic E-state index is 6.07. The quantitative estimate of drug-likeness (QED) is 0.666. The topological polar surface area (TPSA) is 26.0 Å². The summed E-state index contributed by atoms with van der Waals surface area (Å²) in [7, 11) is 0. The van der Waals surface area contributed by atoms with Crippen LogP contribution in [-0.4, -0.2) is 5.54 Å². The Labute approximate surface area is 70.4 Å². The van der Waals surface area contributed by atoms with Gasteiger partial charge in [-0.3, -0.25) is 0 Å². The number of hydrogen-bond acceptors (Lipinski definition) is 1. The third kappa shape index (κ3) is 2.19. The SMILES string of the molecule is CCC1(N)CC(CC(C)C)C1. The molecule has 2 N–H and O–H groups in total. The number of hydrogen-bond donors (Lipinski definition) is 1. The minimum absolute atomic E-state index is 0.222. The molecule has 11 heavy (non-hydrogen) atoms. The largest absolute Gasteiger partial charge is 0.325 e. The lowest BCUT2D eigenvalue weighted by atomic mass is 9.65. The fourth-order valence-corrected chi connectivity index (χ4v) is 2.21. The van der Waals surface area contributed by atoms with E-state index in [2.05, 4.69) is 20.8 Å². The zero-order valence-corrected chi connectivity index (χ0v) is 8.06. The minimum atomic E-state index is 0.222. The van der Waals surface area contributed by atoms with Gasteiger partial charge in [0.05, 0.1) is 0 Å². The predicted molar refractivity (Wildman–Crippen MR) is 49.4 cm³/mol. The third-order valence-corrected chi connectivity index (χ3v) is 2.90. The van der Waals surface area contributed by atoms with Gasteiger partial charge in [0.15, 0.2) is 0 Å². The van der Waals surface area contributed by atoms with E-state index in [1.54, 1.807) is 0 Å². The third-order valence-electron chi connectivity index (χ3n) is 2.90. The normalized spacial score (nSPS) is 37.4. The molecule has 1 fully saturated rings. The predicted octanol–water partition coefficient (Wildman–Crippen LogP) is 2.55. The summed E-state index contributed by atoms with van der Waals surface area (Å²) >= 11 is 0. The molecule has 0 aromatic rings. The van der Waals surface area contributed by atoms with Crippen molar-refractivity contribution in [2.45, 2.75) is 52.0 Å². The van der Waals surface area contributed by atoms with Gasteiger partial charge in [-0.1, -0.05) is 20.8 Å². The minimum Gasteiger partial charge on any atom is -0.325 e. The van der Waals surface area contributed by atoms with Crippen molar-refractivity contribution < 1.29 is 0 Å². The average molecular weight is 155 g/mol. The van der Waals surface area contributed by atoms with Crippen LogP contribution >= 0.6 is 0 Å². The Bertz CT molecular complexity index is 123. The van der Waals surface area contributed by atoms with Gasteiger partial charge < -0.3 is 5.73 Å². The molecule has 0 radical (unpaired) electrons. The van der Waals surface area contributed by atoms with Gasteiger partial charge in [-0.25, -0.2) is 0 Å². The van der Waals surface area contributed by atoms with Crippen LogP contribution in [0.2, 0.25) is 0 Å². The van der Waals surface area contributed by atoms with Crippen molar-refractivity contribution in [1.29, 1.82) is 0 Å². The molecule has 1 heteroatoms. The van der Waals surface area contributed by atoms with Crippen LogP contribution in [0.3, 0.4) is 0 Å². The first-order valence-corrected chi connectivity index (χ1v) is 4.84. The van der Waals surface area contributed by atoms with Crippen LogP contribution in [0.1, 0.15) is 46.5 Å². The Kier molecular flexibility index (Phi) is 2.58. The van der Waals surface area contributed by atoms with Crippen LogP contribution in [0.25, 0.3) is 0 Å². The molecule has 1 nitrogen and oxygen atoms in total. The van der Waals surface area contributed by atoms with Gasteiger partial charge in [0.1, 0.15) is 0 Å². The van der Waals surface area contributed by atoms with E-state index in [1.165, 1.54) is 19.3 Å². The highest BCUT2D eigenvalue weighted by Crippen LogP contribution is 2.41. The first kappa shape index (κ1) is 9.05. The lowest BCUT2D eigenvalue weighted by molar-refractivity contribution is 0.122. The molecule has 0 atom stereocenters. The summed E-state index contributed by atoms with van der Waals surface area (Å²) in [4.78, 5) is 0. The standard InChI is InChI=1S/C10H21N/c1-4-10(11)6-9(7-10)5-8(2)3/h8-9H,4-7,11H2,1-3H3. The van der Waals surface area contributed by atoms with E-state index >= 15 is 0 Å². The Balaban J connectivity index is 2.18. The van der Waals surface area contributed by atoms with E-state index in [0.717, 1.165) is 18.3 Å². The van der Waals surface area contributed by atoms with Gasteiger partial charge in [-0.15, -0.1) is 0 Å². The summed E-state index contributed by atoms with van der Waals surface area (Å²) in [5.41, 5.74) is 6.29. The molecule has 1 aliphatic carbocycles. The summed E-state index contributed by atoms with van der Waals surface area (Å²) < 4.78 is 0. The fourth-order valence-electron chi connectivity index (χ4n) is 2.21. The molecule has 0 unspecified atom stereocenters. The smallest absolute Gasteiger partial charge is 0.0157 e. The number of nitrogens with two attached hydrogens (primary N) is 1. The first-order chi connectivity index (χ1) is 5.06. The van der Waals surface area contributed by atoms with E-state index in [9.17, 15) is 0 Å².